The van der Waals surface area contributed by atoms with Crippen LogP contribution < -0.4 is 10.6 Å². The van der Waals surface area contributed by atoms with Crippen molar-refractivity contribution < 1.29 is 29.0 Å². The Morgan fingerprint density at radius 3 is 2.00 bits per heavy atom. The van der Waals surface area contributed by atoms with Gasteiger partial charge in [0.1, 0.15) is 18.8 Å². The molecule has 192 valence electrons. The summed E-state index contributed by atoms with van der Waals surface area (Å²) in [4.78, 5) is 56.1. The van der Waals surface area contributed by atoms with Gasteiger partial charge in [-0.3, -0.25) is 24.2 Å². The first-order valence-electron chi connectivity index (χ1n) is 12.0. The van der Waals surface area contributed by atoms with E-state index in [4.69, 9.17) is 20.3 Å². The first kappa shape index (κ1) is 26.0. The van der Waals surface area contributed by atoms with Gasteiger partial charge in [-0.25, -0.2) is 9.86 Å². The molecule has 1 unspecified atom stereocenters. The van der Waals surface area contributed by atoms with E-state index in [0.29, 0.717) is 5.69 Å². The molecule has 1 heterocycles. The third-order valence-electron chi connectivity index (χ3n) is 6.09. The van der Waals surface area contributed by atoms with E-state index >= 15 is 0 Å². The Morgan fingerprint density at radius 2 is 1.43 bits per heavy atom. The van der Waals surface area contributed by atoms with E-state index in [2.05, 4.69) is 0 Å². The fraction of sp³-hybridized carbons (Fsp3) is 0.250. The molecule has 1 fully saturated rings. The van der Waals surface area contributed by atoms with Crippen molar-refractivity contribution in [2.24, 2.45) is 5.73 Å². The minimum Gasteiger partial charge on any atom is -0.322 e. The van der Waals surface area contributed by atoms with E-state index in [-0.39, 0.29) is 39.1 Å². The van der Waals surface area contributed by atoms with Gasteiger partial charge in [-0.1, -0.05) is 78.9 Å². The van der Waals surface area contributed by atoms with Crippen LogP contribution in [0.4, 0.5) is 5.69 Å². The average Bonchev–Trinajstić information content (AvgIpc) is 2.94. The van der Waals surface area contributed by atoms with Gasteiger partial charge < -0.3 is 5.73 Å². The third kappa shape index (κ3) is 6.21. The Bertz CT molecular complexity index is 1190. The molecule has 4 rings (SSSR count). The van der Waals surface area contributed by atoms with E-state index in [1.807, 2.05) is 60.7 Å². The quantitative estimate of drug-likeness (QED) is 0.230. The predicted octanol–water partition coefficient (Wildman–Crippen LogP) is 3.15. The van der Waals surface area contributed by atoms with Crippen molar-refractivity contribution in [2.75, 3.05) is 18.0 Å². The summed E-state index contributed by atoms with van der Waals surface area (Å²) in [5.41, 5.74) is 6.60. The number of β-lactam (4-membered cyclic amide) rings is 1. The second-order valence-corrected chi connectivity index (χ2v) is 8.60. The van der Waals surface area contributed by atoms with E-state index in [1.54, 1.807) is 30.3 Å². The minimum absolute atomic E-state index is 0.00515. The number of rotatable bonds is 12. The van der Waals surface area contributed by atoms with Crippen LogP contribution in [-0.4, -0.2) is 41.5 Å². The normalized spacial score (nSPS) is 16.7. The summed E-state index contributed by atoms with van der Waals surface area (Å²) < 4.78 is 0. The number of benzene rings is 3. The summed E-state index contributed by atoms with van der Waals surface area (Å²) in [6, 6.07) is 27.5. The van der Waals surface area contributed by atoms with Gasteiger partial charge >= 0.3 is 5.97 Å². The van der Waals surface area contributed by atoms with E-state index in [0.717, 1.165) is 11.1 Å². The van der Waals surface area contributed by atoms with Crippen LogP contribution in [0.3, 0.4) is 0 Å². The molecule has 1 atom stereocenters. The van der Waals surface area contributed by atoms with Crippen LogP contribution in [0.1, 0.15) is 24.0 Å². The van der Waals surface area contributed by atoms with E-state index < -0.39 is 23.3 Å². The molecule has 3 aromatic carbocycles. The molecule has 0 bridgehead atoms. The second-order valence-electron chi connectivity index (χ2n) is 8.60. The number of anilines is 1. The molecule has 0 radical (unpaired) electrons. The van der Waals surface area contributed by atoms with Crippen molar-refractivity contribution in [3.05, 3.63) is 102 Å². The number of carbonyl (C=O) groups excluding carboxylic acids is 3. The molecule has 0 aromatic heterocycles. The number of hydroxylamine groups is 2. The van der Waals surface area contributed by atoms with Crippen LogP contribution in [0.15, 0.2) is 91.0 Å². The maximum Gasteiger partial charge on any atom is 0.342 e. The highest BCUT2D eigenvalue weighted by atomic mass is 17.2. The molecule has 9 nitrogen and oxygen atoms in total. The van der Waals surface area contributed by atoms with Gasteiger partial charge in [-0.05, 0) is 29.7 Å². The van der Waals surface area contributed by atoms with Gasteiger partial charge in [0.2, 0.25) is 5.91 Å². The van der Waals surface area contributed by atoms with Crippen molar-refractivity contribution in [3.8, 4) is 0 Å². The molecule has 37 heavy (non-hydrogen) atoms. The Kier molecular flexibility index (Phi) is 8.63. The molecule has 0 aliphatic carbocycles. The molecule has 1 aliphatic heterocycles. The average molecular weight is 504 g/mol. The van der Waals surface area contributed by atoms with Gasteiger partial charge in [0.25, 0.3) is 5.91 Å². The zero-order valence-electron chi connectivity index (χ0n) is 20.3. The maximum atomic E-state index is 13.5. The molecule has 1 aliphatic rings. The molecular formula is C28H29N3O6. The summed E-state index contributed by atoms with van der Waals surface area (Å²) in [6.45, 7) is 0.0463. The van der Waals surface area contributed by atoms with Gasteiger partial charge in [0.05, 0.1) is 19.5 Å². The lowest BCUT2D eigenvalue weighted by Gasteiger charge is -2.53. The number of amides is 2. The zero-order chi connectivity index (χ0) is 26.1. The second kappa shape index (κ2) is 12.3. The molecule has 2 amide bonds. The van der Waals surface area contributed by atoms with E-state index in [1.165, 1.54) is 9.96 Å². The standard InChI is InChI=1S/C28H29N3O6/c29-18-25(32)31(24-14-8-3-9-15-24)28(17-16-26(33)37-36-20-23-12-6-2-7-13-23)21-30(27(28)34)35-19-22-10-4-1-5-11-22/h1-15H,16-21,29H2. The number of hydrogen-bond donors (Lipinski definition) is 1. The fourth-order valence-electron chi connectivity index (χ4n) is 4.20. The van der Waals surface area contributed by atoms with Crippen LogP contribution in [0.25, 0.3) is 0 Å². The Balaban J connectivity index is 1.46. The van der Waals surface area contributed by atoms with Crippen molar-refractivity contribution in [2.45, 2.75) is 31.6 Å². The van der Waals surface area contributed by atoms with Crippen LogP contribution in [-0.2, 0) is 42.2 Å². The van der Waals surface area contributed by atoms with Gasteiger partial charge in [-0.15, -0.1) is 0 Å². The highest BCUT2D eigenvalue weighted by Crippen LogP contribution is 2.38. The summed E-state index contributed by atoms with van der Waals surface area (Å²) in [5, 5.41) is 1.21. The lowest BCUT2D eigenvalue weighted by Crippen LogP contribution is -2.75. The molecule has 1 saturated heterocycles. The smallest absolute Gasteiger partial charge is 0.322 e. The SMILES string of the molecule is NCC(=O)N(c1ccccc1)C1(CCC(=O)OOCc2ccccc2)CN(OCc2ccccc2)C1=O. The lowest BCUT2D eigenvalue weighted by molar-refractivity contribution is -0.280. The summed E-state index contributed by atoms with van der Waals surface area (Å²) in [7, 11) is 0. The van der Waals surface area contributed by atoms with Gasteiger partial charge in [-0.2, -0.15) is 4.89 Å². The van der Waals surface area contributed by atoms with Gasteiger partial charge in [0.15, 0.2) is 0 Å². The monoisotopic (exact) mass is 503 g/mol. The minimum atomic E-state index is -1.35. The highest BCUT2D eigenvalue weighted by Gasteiger charge is 2.59. The number of nitrogens with two attached hydrogens (primary N) is 1. The summed E-state index contributed by atoms with van der Waals surface area (Å²) >= 11 is 0. The Morgan fingerprint density at radius 1 is 0.865 bits per heavy atom. The fourth-order valence-corrected chi connectivity index (χ4v) is 4.20. The molecule has 0 spiro atoms. The van der Waals surface area contributed by atoms with Crippen molar-refractivity contribution >= 4 is 23.5 Å². The Hall–Kier alpha value is -4.05. The number of carbonyl (C=O) groups is 3. The van der Waals surface area contributed by atoms with Gasteiger partial charge in [0, 0.05) is 5.69 Å². The predicted molar refractivity (Wildman–Crippen MR) is 135 cm³/mol. The van der Waals surface area contributed by atoms with Crippen molar-refractivity contribution in [3.63, 3.8) is 0 Å². The van der Waals surface area contributed by atoms with Crippen molar-refractivity contribution in [1.82, 2.24) is 5.06 Å². The lowest BCUT2D eigenvalue weighted by atomic mass is 9.82. The van der Waals surface area contributed by atoms with Crippen LogP contribution in [0.2, 0.25) is 0 Å². The molecular weight excluding hydrogens is 474 g/mol. The highest BCUT2D eigenvalue weighted by molar-refractivity contribution is 6.07. The first-order chi connectivity index (χ1) is 18.0. The molecule has 0 saturated carbocycles. The molecule has 3 aromatic rings. The van der Waals surface area contributed by atoms with Crippen molar-refractivity contribution in [1.29, 1.82) is 0 Å². The largest absolute Gasteiger partial charge is 0.342 e. The molecule has 9 heteroatoms. The number of nitrogens with zero attached hydrogens (tertiary/aromatic N) is 2. The summed E-state index contributed by atoms with van der Waals surface area (Å²) in [5.74, 6) is -1.54. The number of hydrogen-bond acceptors (Lipinski definition) is 7. The summed E-state index contributed by atoms with van der Waals surface area (Å²) in [6.07, 6.45) is -0.153. The number of para-hydroxylation sites is 1. The third-order valence-corrected chi connectivity index (χ3v) is 6.09. The van der Waals surface area contributed by atoms with E-state index in [9.17, 15) is 14.4 Å². The maximum absolute atomic E-state index is 13.5. The van der Waals surface area contributed by atoms with Crippen LogP contribution >= 0.6 is 0 Å². The first-order valence-corrected chi connectivity index (χ1v) is 12.0. The topological polar surface area (TPSA) is 111 Å². The van der Waals surface area contributed by atoms with Crippen LogP contribution in [0.5, 0.6) is 0 Å². The van der Waals surface area contributed by atoms with Crippen LogP contribution in [0, 0.1) is 0 Å². The zero-order valence-corrected chi connectivity index (χ0v) is 20.3. The Labute approximate surface area is 215 Å². The molecule has 2 N–H and O–H groups in total.